The number of rotatable bonds is 5. The summed E-state index contributed by atoms with van der Waals surface area (Å²) in [5.74, 6) is 0.705. The molecule has 1 aromatic carbocycles. The van der Waals surface area contributed by atoms with Gasteiger partial charge < -0.3 is 15.1 Å². The van der Waals surface area contributed by atoms with Gasteiger partial charge in [0.15, 0.2) is 0 Å². The molecule has 1 saturated heterocycles. The van der Waals surface area contributed by atoms with E-state index >= 15 is 0 Å². The quantitative estimate of drug-likeness (QED) is 0.891. The molecule has 1 aliphatic heterocycles. The summed E-state index contributed by atoms with van der Waals surface area (Å²) < 4.78 is 0. The smallest absolute Gasteiger partial charge is 0.0367 e. The molecular weight excluding hydrogens is 246 g/mol. The summed E-state index contributed by atoms with van der Waals surface area (Å²) in [6.45, 7) is 11.2. The van der Waals surface area contributed by atoms with Crippen molar-refractivity contribution in [2.24, 2.45) is 5.92 Å². The fraction of sp³-hybridized carbons (Fsp3) is 0.647. The number of hydrogen-bond acceptors (Lipinski definition) is 3. The van der Waals surface area contributed by atoms with Crippen molar-refractivity contribution in [2.75, 3.05) is 43.0 Å². The Morgan fingerprint density at radius 2 is 1.85 bits per heavy atom. The van der Waals surface area contributed by atoms with Gasteiger partial charge in [0.05, 0.1) is 0 Å². The highest BCUT2D eigenvalue weighted by Crippen LogP contribution is 2.25. The van der Waals surface area contributed by atoms with Crippen molar-refractivity contribution < 1.29 is 0 Å². The average molecular weight is 275 g/mol. The highest BCUT2D eigenvalue weighted by molar-refractivity contribution is 5.56. The Kier molecular flexibility index (Phi) is 5.30. The molecule has 112 valence electrons. The maximum atomic E-state index is 3.43. The van der Waals surface area contributed by atoms with Crippen molar-refractivity contribution in [3.63, 3.8) is 0 Å². The van der Waals surface area contributed by atoms with Gasteiger partial charge in [-0.05, 0) is 57.5 Å². The van der Waals surface area contributed by atoms with Crippen LogP contribution in [0.3, 0.4) is 0 Å². The van der Waals surface area contributed by atoms with E-state index < -0.39 is 0 Å². The molecule has 0 spiro atoms. The van der Waals surface area contributed by atoms with E-state index in [0.717, 1.165) is 26.2 Å². The van der Waals surface area contributed by atoms with E-state index in [-0.39, 0.29) is 0 Å². The summed E-state index contributed by atoms with van der Waals surface area (Å²) in [5.41, 5.74) is 2.69. The molecule has 1 aromatic rings. The zero-order chi connectivity index (χ0) is 14.5. The number of piperidine rings is 1. The molecular formula is C17H29N3. The minimum absolute atomic E-state index is 0.668. The summed E-state index contributed by atoms with van der Waals surface area (Å²) in [6.07, 6.45) is 1.23. The summed E-state index contributed by atoms with van der Waals surface area (Å²) in [4.78, 5) is 4.91. The minimum Gasteiger partial charge on any atom is -0.372 e. The van der Waals surface area contributed by atoms with E-state index in [9.17, 15) is 0 Å². The first-order chi connectivity index (χ1) is 9.69. The van der Waals surface area contributed by atoms with Crippen molar-refractivity contribution in [3.05, 3.63) is 24.3 Å². The van der Waals surface area contributed by atoms with Crippen LogP contribution in [0.25, 0.3) is 0 Å². The molecule has 1 N–H and O–H groups in total. The second kappa shape index (κ2) is 6.98. The summed E-state index contributed by atoms with van der Waals surface area (Å²) in [5, 5.41) is 3.43. The largest absolute Gasteiger partial charge is 0.372 e. The maximum absolute atomic E-state index is 3.43. The SMILES string of the molecule is CCN(CC)c1ccc(N2CCC(NC)C(C)C2)cc1. The van der Waals surface area contributed by atoms with Gasteiger partial charge in [-0.1, -0.05) is 6.92 Å². The molecule has 1 fully saturated rings. The highest BCUT2D eigenvalue weighted by atomic mass is 15.2. The van der Waals surface area contributed by atoms with Crippen LogP contribution in [0.4, 0.5) is 11.4 Å². The molecule has 0 aliphatic carbocycles. The molecule has 20 heavy (non-hydrogen) atoms. The monoisotopic (exact) mass is 275 g/mol. The second-order valence-electron chi connectivity index (χ2n) is 5.80. The fourth-order valence-corrected chi connectivity index (χ4v) is 3.27. The van der Waals surface area contributed by atoms with Gasteiger partial charge in [-0.3, -0.25) is 0 Å². The predicted octanol–water partition coefficient (Wildman–Crippen LogP) is 2.97. The Morgan fingerprint density at radius 3 is 2.35 bits per heavy atom. The van der Waals surface area contributed by atoms with E-state index in [1.54, 1.807) is 0 Å². The molecule has 2 atom stereocenters. The number of hydrogen-bond donors (Lipinski definition) is 1. The molecule has 0 amide bonds. The molecule has 3 nitrogen and oxygen atoms in total. The molecule has 2 unspecified atom stereocenters. The third-order valence-corrected chi connectivity index (χ3v) is 4.62. The van der Waals surface area contributed by atoms with Crippen molar-refractivity contribution >= 4 is 11.4 Å². The van der Waals surface area contributed by atoms with Gasteiger partial charge in [-0.2, -0.15) is 0 Å². The van der Waals surface area contributed by atoms with Gasteiger partial charge in [-0.25, -0.2) is 0 Å². The standard InChI is InChI=1S/C17H29N3/c1-5-19(6-2)15-7-9-16(10-8-15)20-12-11-17(18-4)14(3)13-20/h7-10,14,17-18H,5-6,11-13H2,1-4H3. The van der Waals surface area contributed by atoms with Gasteiger partial charge in [-0.15, -0.1) is 0 Å². The first-order valence-electron chi connectivity index (χ1n) is 7.96. The van der Waals surface area contributed by atoms with E-state index in [4.69, 9.17) is 0 Å². The van der Waals surface area contributed by atoms with Crippen LogP contribution in [0.2, 0.25) is 0 Å². The van der Waals surface area contributed by atoms with Crippen LogP contribution < -0.4 is 15.1 Å². The number of nitrogens with zero attached hydrogens (tertiary/aromatic N) is 2. The van der Waals surface area contributed by atoms with Crippen molar-refractivity contribution in [1.82, 2.24) is 5.32 Å². The predicted molar refractivity (Wildman–Crippen MR) is 88.8 cm³/mol. The van der Waals surface area contributed by atoms with Crippen molar-refractivity contribution in [1.29, 1.82) is 0 Å². The molecule has 0 aromatic heterocycles. The van der Waals surface area contributed by atoms with E-state index in [1.807, 2.05) is 0 Å². The lowest BCUT2D eigenvalue weighted by Gasteiger charge is -2.38. The zero-order valence-corrected chi connectivity index (χ0v) is 13.4. The first-order valence-corrected chi connectivity index (χ1v) is 7.96. The third kappa shape index (κ3) is 3.26. The third-order valence-electron chi connectivity index (χ3n) is 4.62. The van der Waals surface area contributed by atoms with Crippen LogP contribution in [0, 0.1) is 5.92 Å². The van der Waals surface area contributed by atoms with Crippen LogP contribution >= 0.6 is 0 Å². The van der Waals surface area contributed by atoms with Gasteiger partial charge in [0.1, 0.15) is 0 Å². The van der Waals surface area contributed by atoms with Crippen LogP contribution in [0.1, 0.15) is 27.2 Å². The normalized spacial score (nSPS) is 22.9. The van der Waals surface area contributed by atoms with E-state index in [1.165, 1.54) is 17.8 Å². The lowest BCUT2D eigenvalue weighted by atomic mass is 9.93. The molecule has 3 heteroatoms. The van der Waals surface area contributed by atoms with Crippen LogP contribution in [0.15, 0.2) is 24.3 Å². The first kappa shape index (κ1) is 15.2. The Labute approximate surface area is 124 Å². The topological polar surface area (TPSA) is 18.5 Å². The molecule has 1 heterocycles. The van der Waals surface area contributed by atoms with Gasteiger partial charge >= 0.3 is 0 Å². The summed E-state index contributed by atoms with van der Waals surface area (Å²) in [7, 11) is 2.08. The Morgan fingerprint density at radius 1 is 1.20 bits per heavy atom. The minimum atomic E-state index is 0.668. The summed E-state index contributed by atoms with van der Waals surface area (Å²) >= 11 is 0. The molecule has 0 saturated carbocycles. The van der Waals surface area contributed by atoms with Gasteiger partial charge in [0.25, 0.3) is 0 Å². The highest BCUT2D eigenvalue weighted by Gasteiger charge is 2.24. The van der Waals surface area contributed by atoms with Crippen LogP contribution in [0.5, 0.6) is 0 Å². The second-order valence-corrected chi connectivity index (χ2v) is 5.80. The molecule has 1 aliphatic rings. The lowest BCUT2D eigenvalue weighted by Crippen LogP contribution is -2.47. The van der Waals surface area contributed by atoms with Crippen molar-refractivity contribution in [3.8, 4) is 0 Å². The fourth-order valence-electron chi connectivity index (χ4n) is 3.27. The van der Waals surface area contributed by atoms with Crippen LogP contribution in [-0.4, -0.2) is 39.3 Å². The number of nitrogens with one attached hydrogen (secondary N) is 1. The molecule has 2 rings (SSSR count). The van der Waals surface area contributed by atoms with E-state index in [2.05, 4.69) is 67.2 Å². The van der Waals surface area contributed by atoms with Crippen molar-refractivity contribution in [2.45, 2.75) is 33.2 Å². The van der Waals surface area contributed by atoms with Gasteiger partial charge in [0.2, 0.25) is 0 Å². The Balaban J connectivity index is 2.03. The number of anilines is 2. The maximum Gasteiger partial charge on any atom is 0.0367 e. The molecule has 0 radical (unpaired) electrons. The average Bonchev–Trinajstić information content (AvgIpc) is 2.49. The zero-order valence-electron chi connectivity index (χ0n) is 13.4. The molecule has 0 bridgehead atoms. The van der Waals surface area contributed by atoms with Gasteiger partial charge in [0, 0.05) is 43.6 Å². The van der Waals surface area contributed by atoms with Crippen LogP contribution in [-0.2, 0) is 0 Å². The Bertz CT molecular complexity index is 397. The van der Waals surface area contributed by atoms with E-state index in [0.29, 0.717) is 12.0 Å². The number of benzene rings is 1. The summed E-state index contributed by atoms with van der Waals surface area (Å²) in [6, 6.07) is 9.75. The Hall–Kier alpha value is -1.22. The lowest BCUT2D eigenvalue weighted by molar-refractivity contribution is 0.339.